The zero-order valence-electron chi connectivity index (χ0n) is 13.3. The summed E-state index contributed by atoms with van der Waals surface area (Å²) < 4.78 is 0. The highest BCUT2D eigenvalue weighted by Crippen LogP contribution is 2.20. The summed E-state index contributed by atoms with van der Waals surface area (Å²) in [6.07, 6.45) is 9.78. The molecule has 0 amide bonds. The Morgan fingerprint density at radius 2 is 2.00 bits per heavy atom. The smallest absolute Gasteiger partial charge is 0.110 e. The Morgan fingerprint density at radius 3 is 2.67 bits per heavy atom. The maximum Gasteiger partial charge on any atom is 0.110 e. The summed E-state index contributed by atoms with van der Waals surface area (Å²) in [5, 5.41) is 3.45. The molecule has 0 saturated heterocycles. The van der Waals surface area contributed by atoms with Crippen LogP contribution in [0.2, 0.25) is 0 Å². The molecule has 2 N–H and O–H groups in total. The molecule has 0 aliphatic carbocycles. The first kappa shape index (κ1) is 15.5. The number of anilines is 2. The number of hydrogen-bond donors (Lipinski definition) is 2. The second-order valence-corrected chi connectivity index (χ2v) is 5.57. The van der Waals surface area contributed by atoms with Gasteiger partial charge < -0.3 is 10.3 Å². The summed E-state index contributed by atoms with van der Waals surface area (Å²) in [6.45, 7) is 4.44. The molecule has 1 aromatic heterocycles. The van der Waals surface area contributed by atoms with E-state index in [1.54, 1.807) is 0 Å². The summed E-state index contributed by atoms with van der Waals surface area (Å²) in [7, 11) is 2.17. The molecular weight excluding hydrogens is 255 g/mol. The van der Waals surface area contributed by atoms with Crippen LogP contribution in [0, 0.1) is 5.92 Å². The number of aromatic nitrogens is 1. The minimum atomic E-state index is 0.596. The van der Waals surface area contributed by atoms with Crippen molar-refractivity contribution >= 4 is 19.4 Å². The van der Waals surface area contributed by atoms with Gasteiger partial charge in [0, 0.05) is 11.9 Å². The molecule has 0 radical (unpaired) electrons. The van der Waals surface area contributed by atoms with Crippen LogP contribution in [-0.4, -0.2) is 12.8 Å². The molecule has 0 saturated carbocycles. The molecule has 1 unspecified atom stereocenters. The summed E-state index contributed by atoms with van der Waals surface area (Å²) in [5.74, 6) is 1.70. The SMILES string of the molecule is BCc1cc[nH]c1Nc1ccc(CC(C)/C=C\CC)cc1. The molecule has 1 aromatic carbocycles. The minimum absolute atomic E-state index is 0.596. The van der Waals surface area contributed by atoms with Crippen molar-refractivity contribution in [2.75, 3.05) is 5.32 Å². The lowest BCUT2D eigenvalue weighted by atomic mass is 9.98. The molecule has 2 aromatic rings. The van der Waals surface area contributed by atoms with Crippen LogP contribution in [-0.2, 0) is 12.7 Å². The zero-order valence-corrected chi connectivity index (χ0v) is 13.3. The Kier molecular flexibility index (Phi) is 5.73. The number of rotatable bonds is 7. The lowest BCUT2D eigenvalue weighted by molar-refractivity contribution is 0.720. The average Bonchev–Trinajstić information content (AvgIpc) is 2.94. The third-order valence-electron chi connectivity index (χ3n) is 3.70. The van der Waals surface area contributed by atoms with Crippen molar-refractivity contribution in [2.45, 2.75) is 33.0 Å². The Morgan fingerprint density at radius 1 is 1.24 bits per heavy atom. The predicted octanol–water partition coefficient (Wildman–Crippen LogP) is 4.04. The highest BCUT2D eigenvalue weighted by atomic mass is 15.0. The van der Waals surface area contributed by atoms with E-state index in [-0.39, 0.29) is 0 Å². The van der Waals surface area contributed by atoms with Crippen LogP contribution in [0.25, 0.3) is 0 Å². The van der Waals surface area contributed by atoms with Crippen molar-refractivity contribution in [2.24, 2.45) is 5.92 Å². The van der Waals surface area contributed by atoms with E-state index in [4.69, 9.17) is 0 Å². The van der Waals surface area contributed by atoms with E-state index in [1.165, 1.54) is 11.1 Å². The van der Waals surface area contributed by atoms with Gasteiger partial charge in [-0.05, 0) is 48.1 Å². The molecular formula is C18H25BN2. The fraction of sp³-hybridized carbons (Fsp3) is 0.333. The van der Waals surface area contributed by atoms with Gasteiger partial charge in [-0.1, -0.05) is 44.5 Å². The van der Waals surface area contributed by atoms with Crippen LogP contribution in [0.3, 0.4) is 0 Å². The normalized spacial score (nSPS) is 12.7. The van der Waals surface area contributed by atoms with Crippen molar-refractivity contribution in [3.05, 3.63) is 59.8 Å². The van der Waals surface area contributed by atoms with E-state index in [0.29, 0.717) is 5.92 Å². The van der Waals surface area contributed by atoms with Crippen molar-refractivity contribution in [3.8, 4) is 0 Å². The summed E-state index contributed by atoms with van der Waals surface area (Å²) in [5.41, 5.74) is 3.83. The molecule has 2 nitrogen and oxygen atoms in total. The highest BCUT2D eigenvalue weighted by molar-refractivity contribution is 6.08. The molecule has 1 heterocycles. The molecule has 0 aliphatic rings. The number of nitrogens with one attached hydrogen (secondary N) is 2. The number of aromatic amines is 1. The van der Waals surface area contributed by atoms with Crippen LogP contribution in [0.5, 0.6) is 0 Å². The number of H-pyrrole nitrogens is 1. The van der Waals surface area contributed by atoms with Gasteiger partial charge in [0.05, 0.1) is 0 Å². The van der Waals surface area contributed by atoms with Crippen molar-refractivity contribution < 1.29 is 0 Å². The summed E-state index contributed by atoms with van der Waals surface area (Å²) >= 11 is 0. The Labute approximate surface area is 129 Å². The molecule has 0 bridgehead atoms. The van der Waals surface area contributed by atoms with E-state index < -0.39 is 0 Å². The Hall–Kier alpha value is -1.90. The van der Waals surface area contributed by atoms with Crippen LogP contribution in [0.1, 0.15) is 31.4 Å². The topological polar surface area (TPSA) is 27.8 Å². The van der Waals surface area contributed by atoms with Crippen molar-refractivity contribution in [1.82, 2.24) is 4.98 Å². The molecule has 0 fully saturated rings. The fourth-order valence-electron chi connectivity index (χ4n) is 2.49. The Balaban J connectivity index is 1.97. The van der Waals surface area contributed by atoms with Gasteiger partial charge in [-0.25, -0.2) is 0 Å². The van der Waals surface area contributed by atoms with Gasteiger partial charge in [-0.2, -0.15) is 0 Å². The van der Waals surface area contributed by atoms with Gasteiger partial charge in [-0.15, -0.1) is 0 Å². The quantitative estimate of drug-likeness (QED) is 0.581. The van der Waals surface area contributed by atoms with Crippen LogP contribution >= 0.6 is 0 Å². The third kappa shape index (κ3) is 4.56. The first-order valence-corrected chi connectivity index (χ1v) is 7.91. The molecule has 2 rings (SSSR count). The molecule has 0 aliphatic heterocycles. The van der Waals surface area contributed by atoms with Gasteiger partial charge >= 0.3 is 0 Å². The second kappa shape index (κ2) is 7.77. The summed E-state index contributed by atoms with van der Waals surface area (Å²) in [6, 6.07) is 10.9. The first-order valence-electron chi connectivity index (χ1n) is 7.91. The van der Waals surface area contributed by atoms with E-state index >= 15 is 0 Å². The third-order valence-corrected chi connectivity index (χ3v) is 3.70. The number of allylic oxidation sites excluding steroid dienone is 2. The van der Waals surface area contributed by atoms with Crippen LogP contribution in [0.15, 0.2) is 48.7 Å². The molecule has 110 valence electrons. The van der Waals surface area contributed by atoms with Gasteiger partial charge in [0.2, 0.25) is 0 Å². The van der Waals surface area contributed by atoms with Gasteiger partial charge in [0.1, 0.15) is 13.7 Å². The Bertz CT molecular complexity index is 569. The van der Waals surface area contributed by atoms with Crippen LogP contribution in [0.4, 0.5) is 11.5 Å². The average molecular weight is 280 g/mol. The maximum atomic E-state index is 3.45. The highest BCUT2D eigenvalue weighted by Gasteiger charge is 2.03. The fourth-order valence-corrected chi connectivity index (χ4v) is 2.49. The van der Waals surface area contributed by atoms with Gasteiger partial charge in [-0.3, -0.25) is 0 Å². The van der Waals surface area contributed by atoms with Gasteiger partial charge in [0.25, 0.3) is 0 Å². The molecule has 0 spiro atoms. The van der Waals surface area contributed by atoms with E-state index in [9.17, 15) is 0 Å². The van der Waals surface area contributed by atoms with Gasteiger partial charge in [0.15, 0.2) is 0 Å². The largest absolute Gasteiger partial charge is 0.348 e. The maximum absolute atomic E-state index is 3.45. The second-order valence-electron chi connectivity index (χ2n) is 5.57. The van der Waals surface area contributed by atoms with E-state index in [2.05, 4.69) is 74.5 Å². The van der Waals surface area contributed by atoms with Crippen molar-refractivity contribution in [3.63, 3.8) is 0 Å². The predicted molar refractivity (Wildman–Crippen MR) is 95.1 cm³/mol. The lowest BCUT2D eigenvalue weighted by Gasteiger charge is -2.10. The van der Waals surface area contributed by atoms with E-state index in [0.717, 1.165) is 30.7 Å². The molecule has 21 heavy (non-hydrogen) atoms. The monoisotopic (exact) mass is 280 g/mol. The van der Waals surface area contributed by atoms with Crippen LogP contribution < -0.4 is 5.32 Å². The molecule has 1 atom stereocenters. The lowest BCUT2D eigenvalue weighted by Crippen LogP contribution is -1.98. The minimum Gasteiger partial charge on any atom is -0.348 e. The number of hydrogen-bond acceptors (Lipinski definition) is 1. The van der Waals surface area contributed by atoms with Crippen molar-refractivity contribution in [1.29, 1.82) is 0 Å². The standard InChI is InChI=1S/C18H25BN2/c1-3-4-5-14(2)12-15-6-8-17(9-7-15)21-18-16(13-19)10-11-20-18/h4-11,14,20-21H,3,12-13,19H2,1-2H3/b5-4-. The van der Waals surface area contributed by atoms with E-state index in [1.807, 2.05) is 6.20 Å². The summed E-state index contributed by atoms with van der Waals surface area (Å²) in [4.78, 5) is 3.25. The number of benzene rings is 1. The molecule has 3 heteroatoms. The first-order chi connectivity index (χ1) is 10.2. The zero-order chi connectivity index (χ0) is 15.1.